The molecule has 6 nitrogen and oxygen atoms in total. The third-order valence-corrected chi connectivity index (χ3v) is 6.46. The van der Waals surface area contributed by atoms with Gasteiger partial charge in [0.2, 0.25) is 0 Å². The van der Waals surface area contributed by atoms with Gasteiger partial charge < -0.3 is 19.5 Å². The number of fused-ring (bicyclic) bond motifs is 1. The van der Waals surface area contributed by atoms with Crippen LogP contribution in [0.15, 0.2) is 61.2 Å². The Morgan fingerprint density at radius 3 is 2.59 bits per heavy atom. The number of carbonyl (C=O) groups excluding carboxylic acids is 1. The van der Waals surface area contributed by atoms with Gasteiger partial charge in [-0.15, -0.1) is 0 Å². The summed E-state index contributed by atoms with van der Waals surface area (Å²) in [5.41, 5.74) is 4.12. The molecule has 2 aromatic heterocycles. The van der Waals surface area contributed by atoms with Crippen LogP contribution in [0.5, 0.6) is 0 Å². The summed E-state index contributed by atoms with van der Waals surface area (Å²) in [7, 11) is 0. The Hall–Kier alpha value is -2.99. The van der Waals surface area contributed by atoms with Crippen molar-refractivity contribution in [3.05, 3.63) is 71.8 Å². The number of nitrogens with one attached hydrogen (secondary N) is 1. The van der Waals surface area contributed by atoms with E-state index in [2.05, 4.69) is 38.6 Å². The van der Waals surface area contributed by atoms with Crippen molar-refractivity contribution in [2.24, 2.45) is 0 Å². The van der Waals surface area contributed by atoms with Crippen LogP contribution in [0.2, 0.25) is 5.02 Å². The second kappa shape index (κ2) is 10.1. The number of alkyl carbamates (subject to hydrolysis) is 1. The predicted octanol–water partition coefficient (Wildman–Crippen LogP) is 6.29. The van der Waals surface area contributed by atoms with E-state index in [1.165, 1.54) is 10.9 Å². The molecule has 4 rings (SSSR count). The van der Waals surface area contributed by atoms with Gasteiger partial charge in [-0.25, -0.2) is 4.79 Å². The van der Waals surface area contributed by atoms with Gasteiger partial charge in [-0.3, -0.25) is 4.98 Å². The summed E-state index contributed by atoms with van der Waals surface area (Å²) in [4.78, 5) is 18.6. The minimum absolute atomic E-state index is 0.384. The number of hydrogen-bond acceptors (Lipinski definition) is 4. The Morgan fingerprint density at radius 2 is 1.91 bits per heavy atom. The summed E-state index contributed by atoms with van der Waals surface area (Å²) >= 11 is 6.10. The van der Waals surface area contributed by atoms with Crippen molar-refractivity contribution in [1.29, 1.82) is 0 Å². The van der Waals surface area contributed by atoms with Crippen LogP contribution >= 0.6 is 11.6 Å². The SMILES string of the molecule is C=C(CCNC(=O)OC(C)(C)C)N1CCC(c2cn(-c3ccc(Cl)cc3)c3cnccc23)CC1. The van der Waals surface area contributed by atoms with Crippen LogP contribution in [0.25, 0.3) is 16.6 Å². The minimum atomic E-state index is -0.490. The number of ether oxygens (including phenoxy) is 1. The summed E-state index contributed by atoms with van der Waals surface area (Å²) < 4.78 is 7.51. The highest BCUT2D eigenvalue weighted by Gasteiger charge is 2.25. The monoisotopic (exact) mass is 480 g/mol. The molecule has 1 aliphatic heterocycles. The van der Waals surface area contributed by atoms with Crippen LogP contribution in [0.3, 0.4) is 0 Å². The lowest BCUT2D eigenvalue weighted by Gasteiger charge is -2.35. The fraction of sp³-hybridized carbons (Fsp3) is 0.407. The normalized spacial score (nSPS) is 14.9. The number of piperidine rings is 1. The van der Waals surface area contributed by atoms with Crippen LogP contribution in [0.4, 0.5) is 4.79 Å². The van der Waals surface area contributed by atoms with Gasteiger partial charge in [-0.05, 0) is 75.4 Å². The number of aromatic nitrogens is 2. The number of amides is 1. The number of pyridine rings is 1. The van der Waals surface area contributed by atoms with E-state index in [1.807, 2.05) is 57.4 Å². The van der Waals surface area contributed by atoms with Gasteiger partial charge >= 0.3 is 6.09 Å². The van der Waals surface area contributed by atoms with Gasteiger partial charge in [0.15, 0.2) is 0 Å². The number of benzene rings is 1. The number of carbonyl (C=O) groups is 1. The molecule has 0 aliphatic carbocycles. The van der Waals surface area contributed by atoms with E-state index in [0.717, 1.165) is 47.9 Å². The van der Waals surface area contributed by atoms with E-state index in [9.17, 15) is 4.79 Å². The first-order valence-corrected chi connectivity index (χ1v) is 12.2. The molecule has 0 atom stereocenters. The van der Waals surface area contributed by atoms with E-state index in [0.29, 0.717) is 18.9 Å². The number of nitrogens with zero attached hydrogens (tertiary/aromatic N) is 3. The average molecular weight is 481 g/mol. The quantitative estimate of drug-likeness (QED) is 0.450. The third kappa shape index (κ3) is 5.73. The number of hydrogen-bond donors (Lipinski definition) is 1. The highest BCUT2D eigenvalue weighted by Crippen LogP contribution is 2.36. The fourth-order valence-electron chi connectivity index (χ4n) is 4.53. The summed E-state index contributed by atoms with van der Waals surface area (Å²) in [6, 6.07) is 10.0. The van der Waals surface area contributed by atoms with Gasteiger partial charge in [0, 0.05) is 60.2 Å². The number of likely N-dealkylation sites (tertiary alicyclic amines) is 1. The molecule has 180 valence electrons. The number of rotatable bonds is 6. The Balaban J connectivity index is 1.38. The van der Waals surface area contributed by atoms with E-state index in [4.69, 9.17) is 16.3 Å². The molecule has 1 aromatic carbocycles. The van der Waals surface area contributed by atoms with Crippen LogP contribution in [-0.4, -0.2) is 45.8 Å². The summed E-state index contributed by atoms with van der Waals surface area (Å²) in [6.07, 6.45) is 8.50. The average Bonchev–Trinajstić information content (AvgIpc) is 3.18. The summed E-state index contributed by atoms with van der Waals surface area (Å²) in [5, 5.41) is 4.80. The molecule has 0 spiro atoms. The Bertz CT molecular complexity index is 1160. The van der Waals surface area contributed by atoms with E-state index >= 15 is 0 Å². The van der Waals surface area contributed by atoms with E-state index in [-0.39, 0.29) is 6.09 Å². The van der Waals surface area contributed by atoms with Crippen LogP contribution in [-0.2, 0) is 4.74 Å². The van der Waals surface area contributed by atoms with Gasteiger partial charge in [0.05, 0.1) is 11.7 Å². The van der Waals surface area contributed by atoms with E-state index in [1.54, 1.807) is 0 Å². The Morgan fingerprint density at radius 1 is 1.21 bits per heavy atom. The molecule has 3 heterocycles. The Kier molecular flexibility index (Phi) is 7.17. The topological polar surface area (TPSA) is 59.4 Å². The molecular weight excluding hydrogens is 448 g/mol. The first-order valence-electron chi connectivity index (χ1n) is 11.8. The van der Waals surface area contributed by atoms with Crippen molar-refractivity contribution >= 4 is 28.6 Å². The highest BCUT2D eigenvalue weighted by molar-refractivity contribution is 6.30. The molecule has 1 amide bonds. The maximum Gasteiger partial charge on any atom is 0.407 e. The van der Waals surface area contributed by atoms with Crippen LogP contribution in [0.1, 0.15) is 51.5 Å². The van der Waals surface area contributed by atoms with Crippen molar-refractivity contribution in [2.45, 2.75) is 51.6 Å². The zero-order valence-electron chi connectivity index (χ0n) is 20.2. The van der Waals surface area contributed by atoms with Crippen molar-refractivity contribution in [3.8, 4) is 5.69 Å². The van der Waals surface area contributed by atoms with Crippen molar-refractivity contribution < 1.29 is 9.53 Å². The molecule has 1 aliphatic rings. The van der Waals surface area contributed by atoms with Crippen LogP contribution in [0, 0.1) is 0 Å². The second-order valence-electron chi connectivity index (χ2n) is 9.83. The maximum absolute atomic E-state index is 11.9. The molecule has 0 radical (unpaired) electrons. The molecule has 0 saturated carbocycles. The maximum atomic E-state index is 11.9. The standard InChI is InChI=1S/C27H33ClN4O2/c1-19(9-14-30-26(33)34-27(2,3)4)31-15-11-20(12-16-31)24-18-32(22-7-5-21(28)6-8-22)25-17-29-13-10-23(24)25/h5-8,10,13,17-18,20H,1,9,11-12,14-16H2,2-4H3,(H,30,33). The fourth-order valence-corrected chi connectivity index (χ4v) is 4.65. The van der Waals surface area contributed by atoms with Gasteiger partial charge in [0.25, 0.3) is 0 Å². The number of halogens is 1. The lowest BCUT2D eigenvalue weighted by atomic mass is 9.89. The van der Waals surface area contributed by atoms with Gasteiger partial charge in [-0.2, -0.15) is 0 Å². The molecular formula is C27H33ClN4O2. The zero-order valence-corrected chi connectivity index (χ0v) is 20.9. The lowest BCUT2D eigenvalue weighted by molar-refractivity contribution is 0.0527. The molecule has 0 unspecified atom stereocenters. The van der Waals surface area contributed by atoms with Gasteiger partial charge in [0.1, 0.15) is 5.60 Å². The summed E-state index contributed by atoms with van der Waals surface area (Å²) in [6.45, 7) is 12.3. The second-order valence-corrected chi connectivity index (χ2v) is 10.3. The lowest BCUT2D eigenvalue weighted by Crippen LogP contribution is -2.35. The van der Waals surface area contributed by atoms with Crippen molar-refractivity contribution in [3.63, 3.8) is 0 Å². The van der Waals surface area contributed by atoms with Gasteiger partial charge in [-0.1, -0.05) is 18.2 Å². The zero-order chi connectivity index (χ0) is 24.3. The van der Waals surface area contributed by atoms with Crippen molar-refractivity contribution in [2.75, 3.05) is 19.6 Å². The first-order chi connectivity index (χ1) is 16.2. The third-order valence-electron chi connectivity index (χ3n) is 6.21. The smallest absolute Gasteiger partial charge is 0.407 e. The first kappa shape index (κ1) is 24.1. The Labute approximate surface area is 206 Å². The molecule has 0 bridgehead atoms. The van der Waals surface area contributed by atoms with Crippen LogP contribution < -0.4 is 5.32 Å². The molecule has 1 saturated heterocycles. The highest BCUT2D eigenvalue weighted by atomic mass is 35.5. The molecule has 3 aromatic rings. The molecule has 34 heavy (non-hydrogen) atoms. The largest absolute Gasteiger partial charge is 0.444 e. The van der Waals surface area contributed by atoms with Crippen molar-refractivity contribution in [1.82, 2.24) is 19.8 Å². The predicted molar refractivity (Wildman–Crippen MR) is 138 cm³/mol. The molecule has 1 N–H and O–H groups in total. The minimum Gasteiger partial charge on any atom is -0.444 e. The molecule has 1 fully saturated rings. The van der Waals surface area contributed by atoms with E-state index < -0.39 is 5.60 Å². The summed E-state index contributed by atoms with van der Waals surface area (Å²) in [5.74, 6) is 0.474. The molecule has 7 heteroatoms.